The summed E-state index contributed by atoms with van der Waals surface area (Å²) >= 11 is 0. The van der Waals surface area contributed by atoms with E-state index in [4.69, 9.17) is 4.74 Å². The predicted octanol–water partition coefficient (Wildman–Crippen LogP) is 1.82. The Balaban J connectivity index is 1.60. The van der Waals surface area contributed by atoms with Gasteiger partial charge in [-0.15, -0.1) is 0 Å². The van der Waals surface area contributed by atoms with E-state index in [2.05, 4.69) is 17.6 Å². The van der Waals surface area contributed by atoms with Gasteiger partial charge in [-0.3, -0.25) is 4.79 Å². The highest BCUT2D eigenvalue weighted by molar-refractivity contribution is 5.75. The highest BCUT2D eigenvalue weighted by Gasteiger charge is 2.21. The van der Waals surface area contributed by atoms with Crippen molar-refractivity contribution < 1.29 is 9.53 Å². The molecular weight excluding hydrogens is 252 g/mol. The molecule has 1 aliphatic rings. The molecule has 1 aliphatic heterocycles. The van der Waals surface area contributed by atoms with Gasteiger partial charge >= 0.3 is 0 Å². The normalized spacial score (nSPS) is 22.2. The third-order valence-electron chi connectivity index (χ3n) is 3.89. The van der Waals surface area contributed by atoms with Gasteiger partial charge in [-0.25, -0.2) is 0 Å². The molecule has 4 nitrogen and oxygen atoms in total. The summed E-state index contributed by atoms with van der Waals surface area (Å²) in [4.78, 5) is 11.8. The molecule has 0 radical (unpaired) electrons. The van der Waals surface area contributed by atoms with Gasteiger partial charge in [0.1, 0.15) is 5.75 Å². The number of carbonyl (C=O) groups is 1. The molecule has 0 bridgehead atoms. The van der Waals surface area contributed by atoms with Crippen LogP contribution in [0.3, 0.4) is 0 Å². The molecule has 2 atom stereocenters. The van der Waals surface area contributed by atoms with E-state index >= 15 is 0 Å². The summed E-state index contributed by atoms with van der Waals surface area (Å²) in [5.74, 6) is 2.10. The Bertz CT molecular complexity index is 408. The first-order valence-electron chi connectivity index (χ1n) is 7.41. The van der Waals surface area contributed by atoms with Gasteiger partial charge in [0.2, 0.25) is 5.91 Å². The van der Waals surface area contributed by atoms with E-state index in [9.17, 15) is 4.79 Å². The lowest BCUT2D eigenvalue weighted by Gasteiger charge is -2.29. The van der Waals surface area contributed by atoms with Crippen molar-refractivity contribution in [3.05, 3.63) is 30.3 Å². The average molecular weight is 276 g/mol. The molecule has 1 amide bonds. The van der Waals surface area contributed by atoms with Gasteiger partial charge in [0.05, 0.1) is 13.0 Å². The number of hydrogen-bond acceptors (Lipinski definition) is 3. The zero-order chi connectivity index (χ0) is 14.2. The fourth-order valence-electron chi connectivity index (χ4n) is 2.44. The van der Waals surface area contributed by atoms with Crippen LogP contribution in [0.25, 0.3) is 0 Å². The number of para-hydroxylation sites is 1. The highest BCUT2D eigenvalue weighted by Crippen LogP contribution is 2.17. The van der Waals surface area contributed by atoms with Crippen molar-refractivity contribution in [2.45, 2.75) is 19.8 Å². The first kappa shape index (κ1) is 14.9. The SMILES string of the molecule is CC1CCNCC1CNC(=O)CCOc1ccccc1. The lowest BCUT2D eigenvalue weighted by Crippen LogP contribution is -2.42. The van der Waals surface area contributed by atoms with Crippen LogP contribution < -0.4 is 15.4 Å². The number of piperidine rings is 1. The maximum Gasteiger partial charge on any atom is 0.223 e. The lowest BCUT2D eigenvalue weighted by atomic mass is 9.88. The molecule has 2 unspecified atom stereocenters. The summed E-state index contributed by atoms with van der Waals surface area (Å²) in [6.07, 6.45) is 1.60. The Kier molecular flexibility index (Phi) is 5.87. The largest absolute Gasteiger partial charge is 0.493 e. The predicted molar refractivity (Wildman–Crippen MR) is 79.7 cm³/mol. The fourth-order valence-corrected chi connectivity index (χ4v) is 2.44. The molecule has 1 aromatic rings. The van der Waals surface area contributed by atoms with E-state index in [-0.39, 0.29) is 5.91 Å². The standard InChI is InChI=1S/C16H24N2O2/c1-13-7-9-17-11-14(13)12-18-16(19)8-10-20-15-5-3-2-4-6-15/h2-6,13-14,17H,7-12H2,1H3,(H,18,19). The minimum atomic E-state index is 0.0682. The zero-order valence-corrected chi connectivity index (χ0v) is 12.1. The van der Waals surface area contributed by atoms with Crippen molar-refractivity contribution >= 4 is 5.91 Å². The Labute approximate surface area is 120 Å². The molecule has 4 heteroatoms. The number of hydrogen-bond donors (Lipinski definition) is 2. The summed E-state index contributed by atoms with van der Waals surface area (Å²) in [5.41, 5.74) is 0. The van der Waals surface area contributed by atoms with Gasteiger partial charge in [-0.1, -0.05) is 25.1 Å². The van der Waals surface area contributed by atoms with Gasteiger partial charge in [0.25, 0.3) is 0 Å². The third kappa shape index (κ3) is 4.85. The second-order valence-electron chi connectivity index (χ2n) is 5.45. The van der Waals surface area contributed by atoms with E-state index in [0.29, 0.717) is 24.9 Å². The summed E-state index contributed by atoms with van der Waals surface area (Å²) in [5, 5.41) is 6.39. The van der Waals surface area contributed by atoms with Crippen molar-refractivity contribution in [3.8, 4) is 5.75 Å². The first-order valence-corrected chi connectivity index (χ1v) is 7.41. The van der Waals surface area contributed by atoms with E-state index < -0.39 is 0 Å². The van der Waals surface area contributed by atoms with Gasteiger partial charge < -0.3 is 15.4 Å². The molecule has 1 saturated heterocycles. The maximum absolute atomic E-state index is 11.8. The van der Waals surface area contributed by atoms with E-state index in [0.717, 1.165) is 25.4 Å². The van der Waals surface area contributed by atoms with Gasteiger partial charge in [0, 0.05) is 6.54 Å². The van der Waals surface area contributed by atoms with Gasteiger partial charge in [-0.05, 0) is 43.5 Å². The summed E-state index contributed by atoms with van der Waals surface area (Å²) < 4.78 is 5.52. The minimum absolute atomic E-state index is 0.0682. The molecule has 20 heavy (non-hydrogen) atoms. The van der Waals surface area contributed by atoms with Crippen LogP contribution in [-0.4, -0.2) is 32.1 Å². The second-order valence-corrected chi connectivity index (χ2v) is 5.45. The third-order valence-corrected chi connectivity index (χ3v) is 3.89. The second kappa shape index (κ2) is 7.90. The van der Waals surface area contributed by atoms with Gasteiger partial charge in [0.15, 0.2) is 0 Å². The molecule has 2 rings (SSSR count). The number of carbonyl (C=O) groups excluding carboxylic acids is 1. The Morgan fingerprint density at radius 2 is 2.20 bits per heavy atom. The van der Waals surface area contributed by atoms with Crippen LogP contribution in [0.15, 0.2) is 30.3 Å². The van der Waals surface area contributed by atoms with Crippen molar-refractivity contribution in [1.29, 1.82) is 0 Å². The number of ether oxygens (including phenoxy) is 1. The molecule has 0 aromatic heterocycles. The van der Waals surface area contributed by atoms with Gasteiger partial charge in [-0.2, -0.15) is 0 Å². The molecule has 1 aromatic carbocycles. The Hall–Kier alpha value is -1.55. The minimum Gasteiger partial charge on any atom is -0.493 e. The first-order chi connectivity index (χ1) is 9.75. The zero-order valence-electron chi connectivity index (χ0n) is 12.1. The van der Waals surface area contributed by atoms with E-state index in [1.165, 1.54) is 6.42 Å². The molecule has 0 spiro atoms. The van der Waals surface area contributed by atoms with Crippen molar-refractivity contribution in [2.24, 2.45) is 11.8 Å². The molecule has 0 aliphatic carbocycles. The number of nitrogens with one attached hydrogen (secondary N) is 2. The van der Waals surface area contributed by atoms with Crippen LogP contribution in [0.2, 0.25) is 0 Å². The average Bonchev–Trinajstić information content (AvgIpc) is 2.47. The molecule has 2 N–H and O–H groups in total. The van der Waals surface area contributed by atoms with Crippen LogP contribution in [0, 0.1) is 11.8 Å². The quantitative estimate of drug-likeness (QED) is 0.833. The number of rotatable bonds is 6. The fraction of sp³-hybridized carbons (Fsp3) is 0.562. The highest BCUT2D eigenvalue weighted by atomic mass is 16.5. The van der Waals surface area contributed by atoms with Crippen LogP contribution in [-0.2, 0) is 4.79 Å². The topological polar surface area (TPSA) is 50.4 Å². The number of amides is 1. The summed E-state index contributed by atoms with van der Waals surface area (Å²) in [6, 6.07) is 9.58. The maximum atomic E-state index is 11.8. The van der Waals surface area contributed by atoms with Crippen molar-refractivity contribution in [3.63, 3.8) is 0 Å². The molecule has 110 valence electrons. The Morgan fingerprint density at radius 1 is 1.40 bits per heavy atom. The van der Waals surface area contributed by atoms with Crippen molar-refractivity contribution in [1.82, 2.24) is 10.6 Å². The van der Waals surface area contributed by atoms with E-state index in [1.807, 2.05) is 30.3 Å². The molecular formula is C16H24N2O2. The van der Waals surface area contributed by atoms with Crippen LogP contribution in [0.4, 0.5) is 0 Å². The van der Waals surface area contributed by atoms with Crippen molar-refractivity contribution in [2.75, 3.05) is 26.2 Å². The van der Waals surface area contributed by atoms with Crippen LogP contribution >= 0.6 is 0 Å². The lowest BCUT2D eigenvalue weighted by molar-refractivity contribution is -0.121. The Morgan fingerprint density at radius 3 is 2.95 bits per heavy atom. The summed E-state index contributed by atoms with van der Waals surface area (Å²) in [7, 11) is 0. The molecule has 0 saturated carbocycles. The van der Waals surface area contributed by atoms with E-state index in [1.54, 1.807) is 0 Å². The monoisotopic (exact) mass is 276 g/mol. The number of benzene rings is 1. The van der Waals surface area contributed by atoms with Crippen LogP contribution in [0.1, 0.15) is 19.8 Å². The summed E-state index contributed by atoms with van der Waals surface area (Å²) in [6.45, 7) is 5.54. The smallest absolute Gasteiger partial charge is 0.223 e. The molecule has 1 fully saturated rings. The van der Waals surface area contributed by atoms with Crippen LogP contribution in [0.5, 0.6) is 5.75 Å². The molecule has 1 heterocycles.